The molecule has 0 spiro atoms. The summed E-state index contributed by atoms with van der Waals surface area (Å²) in [4.78, 5) is 11.1. The third kappa shape index (κ3) is 2.15. The predicted molar refractivity (Wildman–Crippen MR) is 69.2 cm³/mol. The molecule has 1 aromatic rings. The van der Waals surface area contributed by atoms with Crippen molar-refractivity contribution in [2.75, 3.05) is 6.61 Å². The number of aldehydes is 1. The normalized spacial score (nSPS) is 28.5. The number of alkyl halides is 4. The fraction of sp³-hybridized carbons (Fsp3) is 0.417. The van der Waals surface area contributed by atoms with Crippen molar-refractivity contribution in [2.45, 2.75) is 16.7 Å². The molecule has 1 N–H and O–H groups in total. The van der Waals surface area contributed by atoms with E-state index in [-0.39, 0.29) is 10.6 Å². The first-order chi connectivity index (χ1) is 8.80. The Kier molecular flexibility index (Phi) is 3.82. The van der Waals surface area contributed by atoms with Crippen molar-refractivity contribution in [3.8, 4) is 0 Å². The van der Waals surface area contributed by atoms with E-state index in [1.807, 2.05) is 0 Å². The second-order valence-corrected chi connectivity index (χ2v) is 6.31. The summed E-state index contributed by atoms with van der Waals surface area (Å²) in [5.74, 6) is -0.762. The molecular formula is C12H9Cl3F2O2. The first-order valence-electron chi connectivity index (χ1n) is 5.33. The van der Waals surface area contributed by atoms with E-state index in [4.69, 9.17) is 34.8 Å². The molecule has 2 atom stereocenters. The van der Waals surface area contributed by atoms with Gasteiger partial charge >= 0.3 is 0 Å². The topological polar surface area (TPSA) is 37.3 Å². The lowest BCUT2D eigenvalue weighted by Gasteiger charge is -2.07. The van der Waals surface area contributed by atoms with Crippen LogP contribution in [0.1, 0.15) is 23.5 Å². The SMILES string of the molecule is O=CC1(CO)C(c2cc(Cl)cc(C(F)F)c2)C1(Cl)Cl. The second-order valence-electron chi connectivity index (χ2n) is 4.49. The Labute approximate surface area is 123 Å². The number of carbonyl (C=O) groups excluding carboxylic acids is 1. The molecule has 0 heterocycles. The number of carbonyl (C=O) groups is 1. The van der Waals surface area contributed by atoms with E-state index in [1.165, 1.54) is 12.1 Å². The van der Waals surface area contributed by atoms with Gasteiger partial charge in [-0.15, -0.1) is 0 Å². The summed E-state index contributed by atoms with van der Waals surface area (Å²) in [6, 6.07) is 3.74. The van der Waals surface area contributed by atoms with Crippen LogP contribution in [0.15, 0.2) is 18.2 Å². The molecule has 1 aliphatic rings. The Morgan fingerprint density at radius 2 is 2.00 bits per heavy atom. The van der Waals surface area contributed by atoms with Crippen molar-refractivity contribution in [1.82, 2.24) is 0 Å². The molecule has 1 aliphatic carbocycles. The Morgan fingerprint density at radius 3 is 2.42 bits per heavy atom. The van der Waals surface area contributed by atoms with Gasteiger partial charge in [0.1, 0.15) is 10.6 Å². The number of benzene rings is 1. The average Bonchev–Trinajstić information content (AvgIpc) is 2.84. The van der Waals surface area contributed by atoms with Crippen LogP contribution < -0.4 is 0 Å². The first kappa shape index (κ1) is 15.0. The van der Waals surface area contributed by atoms with Crippen LogP contribution in [0.4, 0.5) is 8.78 Å². The number of aliphatic hydroxyl groups is 1. The van der Waals surface area contributed by atoms with Gasteiger partial charge in [-0.2, -0.15) is 0 Å². The lowest BCUT2D eigenvalue weighted by atomic mass is 10.00. The zero-order valence-electron chi connectivity index (χ0n) is 9.42. The van der Waals surface area contributed by atoms with Gasteiger partial charge in [-0.05, 0) is 23.8 Å². The van der Waals surface area contributed by atoms with Crippen LogP contribution in [0.5, 0.6) is 0 Å². The van der Waals surface area contributed by atoms with E-state index in [1.54, 1.807) is 0 Å². The summed E-state index contributed by atoms with van der Waals surface area (Å²) >= 11 is 17.8. The maximum atomic E-state index is 12.7. The minimum absolute atomic E-state index is 0.0987. The molecule has 0 radical (unpaired) electrons. The summed E-state index contributed by atoms with van der Waals surface area (Å²) in [5.41, 5.74) is -1.34. The first-order valence-corrected chi connectivity index (χ1v) is 6.47. The highest BCUT2D eigenvalue weighted by Gasteiger charge is 2.76. The molecule has 104 valence electrons. The van der Waals surface area contributed by atoms with Gasteiger partial charge in [0.15, 0.2) is 0 Å². The van der Waals surface area contributed by atoms with E-state index >= 15 is 0 Å². The van der Waals surface area contributed by atoms with E-state index < -0.39 is 28.7 Å². The number of rotatable bonds is 4. The molecule has 1 fully saturated rings. The van der Waals surface area contributed by atoms with E-state index in [9.17, 15) is 18.7 Å². The van der Waals surface area contributed by atoms with Crippen molar-refractivity contribution in [3.63, 3.8) is 0 Å². The summed E-state index contributed by atoms with van der Waals surface area (Å²) < 4.78 is 23.9. The van der Waals surface area contributed by atoms with Crippen LogP contribution >= 0.6 is 34.8 Å². The highest BCUT2D eigenvalue weighted by atomic mass is 35.5. The molecule has 2 nitrogen and oxygen atoms in total. The summed E-state index contributed by atoms with van der Waals surface area (Å²) in [7, 11) is 0. The molecule has 1 aromatic carbocycles. The molecule has 0 amide bonds. The largest absolute Gasteiger partial charge is 0.395 e. The van der Waals surface area contributed by atoms with Crippen molar-refractivity contribution in [3.05, 3.63) is 34.3 Å². The van der Waals surface area contributed by atoms with Gasteiger partial charge in [0.05, 0.1) is 12.0 Å². The van der Waals surface area contributed by atoms with Gasteiger partial charge < -0.3 is 9.90 Å². The third-order valence-corrected chi connectivity index (χ3v) is 4.77. The Balaban J connectivity index is 2.47. The van der Waals surface area contributed by atoms with Gasteiger partial charge in [0, 0.05) is 16.5 Å². The quantitative estimate of drug-likeness (QED) is 0.675. The van der Waals surface area contributed by atoms with Crippen molar-refractivity contribution >= 4 is 41.1 Å². The minimum atomic E-state index is -2.70. The lowest BCUT2D eigenvalue weighted by Crippen LogP contribution is -2.16. The highest BCUT2D eigenvalue weighted by molar-refractivity contribution is 6.54. The van der Waals surface area contributed by atoms with E-state index in [0.29, 0.717) is 11.8 Å². The molecule has 19 heavy (non-hydrogen) atoms. The van der Waals surface area contributed by atoms with Crippen molar-refractivity contribution in [2.24, 2.45) is 5.41 Å². The molecule has 0 aromatic heterocycles. The Bertz CT molecular complexity index is 522. The molecule has 1 saturated carbocycles. The van der Waals surface area contributed by atoms with Gasteiger partial charge in [0.25, 0.3) is 6.43 Å². The van der Waals surface area contributed by atoms with Crippen LogP contribution in [0.3, 0.4) is 0 Å². The van der Waals surface area contributed by atoms with Gasteiger partial charge in [-0.1, -0.05) is 34.8 Å². The number of aliphatic hydroxyl groups excluding tert-OH is 1. The van der Waals surface area contributed by atoms with Crippen LogP contribution in [0, 0.1) is 5.41 Å². The third-order valence-electron chi connectivity index (χ3n) is 3.41. The molecule has 0 saturated heterocycles. The van der Waals surface area contributed by atoms with Gasteiger partial charge in [-0.25, -0.2) is 8.78 Å². The zero-order valence-corrected chi connectivity index (χ0v) is 11.7. The van der Waals surface area contributed by atoms with Crippen LogP contribution in [0.2, 0.25) is 5.02 Å². The summed E-state index contributed by atoms with van der Waals surface area (Å²) in [6.07, 6.45) is -2.24. The van der Waals surface area contributed by atoms with Crippen LogP contribution in [-0.2, 0) is 4.79 Å². The lowest BCUT2D eigenvalue weighted by molar-refractivity contribution is -0.113. The molecule has 2 rings (SSSR count). The maximum Gasteiger partial charge on any atom is 0.263 e. The fourth-order valence-corrected chi connectivity index (χ4v) is 3.50. The fourth-order valence-electron chi connectivity index (χ4n) is 2.29. The Morgan fingerprint density at radius 1 is 1.37 bits per heavy atom. The molecule has 0 aliphatic heterocycles. The number of hydrogen-bond donors (Lipinski definition) is 1. The zero-order chi connectivity index (χ0) is 14.4. The standard InChI is InChI=1S/C12H9Cl3F2O2/c13-8-2-6(1-7(3-8)10(16)17)9-11(4-18,5-19)12(9,14)15/h1-4,9-10,19H,5H2. The number of hydrogen-bond acceptors (Lipinski definition) is 2. The van der Waals surface area contributed by atoms with Gasteiger partial charge in [-0.3, -0.25) is 0 Å². The maximum absolute atomic E-state index is 12.7. The summed E-state index contributed by atoms with van der Waals surface area (Å²) in [5, 5.41) is 9.39. The van der Waals surface area contributed by atoms with Crippen molar-refractivity contribution in [1.29, 1.82) is 0 Å². The Hall–Kier alpha value is -0.420. The second kappa shape index (κ2) is 4.85. The molecule has 7 heteroatoms. The smallest absolute Gasteiger partial charge is 0.263 e. The van der Waals surface area contributed by atoms with Crippen LogP contribution in [0.25, 0.3) is 0 Å². The molecule has 2 unspecified atom stereocenters. The highest BCUT2D eigenvalue weighted by Crippen LogP contribution is 2.72. The van der Waals surface area contributed by atoms with Gasteiger partial charge in [0.2, 0.25) is 0 Å². The van der Waals surface area contributed by atoms with E-state index in [0.717, 1.165) is 6.07 Å². The number of halogens is 5. The van der Waals surface area contributed by atoms with E-state index in [2.05, 4.69) is 0 Å². The van der Waals surface area contributed by atoms with Crippen LogP contribution in [-0.4, -0.2) is 22.3 Å². The average molecular weight is 330 g/mol. The summed E-state index contributed by atoms with van der Waals surface area (Å²) in [6.45, 7) is -0.565. The molecule has 0 bridgehead atoms. The minimum Gasteiger partial charge on any atom is -0.395 e. The monoisotopic (exact) mass is 328 g/mol. The predicted octanol–water partition coefficient (Wildman–Crippen LogP) is 3.73. The van der Waals surface area contributed by atoms with Crippen molar-refractivity contribution < 1.29 is 18.7 Å². The molecular weight excluding hydrogens is 320 g/mol.